The Bertz CT molecular complexity index is 1050. The number of ether oxygens (including phenoxy) is 1. The fourth-order valence-electron chi connectivity index (χ4n) is 3.80. The number of hydrogen-bond donors (Lipinski definition) is 2. The molecule has 0 fully saturated rings. The number of phenolic OH excluding ortho intramolecular Hbond substituents is 1. The number of carbonyl (C=O) groups is 2. The van der Waals surface area contributed by atoms with E-state index in [1.807, 2.05) is 0 Å². The number of phenols is 1. The summed E-state index contributed by atoms with van der Waals surface area (Å²) in [5.74, 6) is -4.52. The van der Waals surface area contributed by atoms with Crippen molar-refractivity contribution < 1.29 is 33.3 Å². The maximum absolute atomic E-state index is 14.1. The number of rotatable bonds is 2. The molecule has 2 unspecified atom stereocenters. The van der Waals surface area contributed by atoms with Gasteiger partial charge in [0.1, 0.15) is 11.9 Å². The number of carbonyl (C=O) groups excluding carboxylic acids is 1. The summed E-state index contributed by atoms with van der Waals surface area (Å²) in [7, 11) is 0. The second-order valence-electron chi connectivity index (χ2n) is 7.06. The Morgan fingerprint density at radius 1 is 1.25 bits per heavy atom. The fourth-order valence-corrected chi connectivity index (χ4v) is 3.80. The lowest BCUT2D eigenvalue weighted by Crippen LogP contribution is -2.31. The molecule has 0 bridgehead atoms. The van der Waals surface area contributed by atoms with Gasteiger partial charge in [-0.25, -0.2) is 8.78 Å². The Balaban J connectivity index is 1.96. The van der Waals surface area contributed by atoms with E-state index in [1.54, 1.807) is 13.0 Å². The lowest BCUT2D eigenvalue weighted by molar-refractivity contribution is -0.140. The number of carboxylic acids is 1. The molecule has 4 rings (SSSR count). The molecule has 3 aliphatic rings. The molecule has 0 saturated heterocycles. The predicted molar refractivity (Wildman–Crippen MR) is 95.8 cm³/mol. The first kappa shape index (κ1) is 18.2. The van der Waals surface area contributed by atoms with Gasteiger partial charge in [0.15, 0.2) is 23.2 Å². The molecule has 7 heteroatoms. The second-order valence-corrected chi connectivity index (χ2v) is 7.06. The number of Topliss-reactive ketones (excluding diaryl/α,β-unsaturated/α-hetero) is 1. The molecular weight excluding hydrogens is 370 g/mol. The van der Waals surface area contributed by atoms with Crippen LogP contribution in [0.4, 0.5) is 8.78 Å². The first-order valence-corrected chi connectivity index (χ1v) is 8.71. The minimum atomic E-state index is -0.956. The molecule has 1 aromatic carbocycles. The third-order valence-electron chi connectivity index (χ3n) is 5.21. The highest BCUT2D eigenvalue weighted by Gasteiger charge is 2.36. The molecule has 28 heavy (non-hydrogen) atoms. The summed E-state index contributed by atoms with van der Waals surface area (Å²) in [6.07, 6.45) is 3.52. The van der Waals surface area contributed by atoms with E-state index in [9.17, 15) is 28.6 Å². The van der Waals surface area contributed by atoms with Gasteiger partial charge >= 0.3 is 5.97 Å². The largest absolute Gasteiger partial charge is 0.505 e. The van der Waals surface area contributed by atoms with E-state index in [2.05, 4.69) is 0 Å². The van der Waals surface area contributed by atoms with Crippen molar-refractivity contribution in [1.29, 1.82) is 0 Å². The zero-order valence-electron chi connectivity index (χ0n) is 14.8. The third kappa shape index (κ3) is 2.83. The summed E-state index contributed by atoms with van der Waals surface area (Å²) in [6.45, 7) is 1.76. The van der Waals surface area contributed by atoms with Crippen molar-refractivity contribution in [2.24, 2.45) is 5.92 Å². The molecule has 1 heterocycles. The molecule has 2 aliphatic carbocycles. The molecule has 2 atom stereocenters. The van der Waals surface area contributed by atoms with Crippen LogP contribution < -0.4 is 4.74 Å². The van der Waals surface area contributed by atoms with Crippen molar-refractivity contribution in [3.8, 4) is 11.5 Å². The Morgan fingerprint density at radius 3 is 2.68 bits per heavy atom. The maximum atomic E-state index is 14.1. The second kappa shape index (κ2) is 6.44. The van der Waals surface area contributed by atoms with Crippen molar-refractivity contribution in [2.75, 3.05) is 0 Å². The molecule has 0 aromatic heterocycles. The van der Waals surface area contributed by atoms with E-state index < -0.39 is 41.2 Å². The van der Waals surface area contributed by atoms with Gasteiger partial charge in [-0.3, -0.25) is 9.59 Å². The van der Waals surface area contributed by atoms with Crippen LogP contribution in [0.1, 0.15) is 25.3 Å². The third-order valence-corrected chi connectivity index (χ3v) is 5.21. The van der Waals surface area contributed by atoms with Gasteiger partial charge in [0.05, 0.1) is 12.3 Å². The molecule has 0 saturated carbocycles. The number of aliphatic carboxylic acids is 1. The number of ketones is 1. The quantitative estimate of drug-likeness (QED) is 0.807. The highest BCUT2D eigenvalue weighted by Crippen LogP contribution is 2.47. The monoisotopic (exact) mass is 386 g/mol. The van der Waals surface area contributed by atoms with Crippen LogP contribution in [-0.2, 0) is 9.59 Å². The van der Waals surface area contributed by atoms with Crippen LogP contribution in [0.5, 0.6) is 11.5 Å². The molecular formula is C21H16F2O5. The lowest BCUT2D eigenvalue weighted by atomic mass is 9.79. The molecule has 0 amide bonds. The normalized spacial score (nSPS) is 23.8. The van der Waals surface area contributed by atoms with Gasteiger partial charge in [-0.2, -0.15) is 0 Å². The maximum Gasteiger partial charge on any atom is 0.310 e. The first-order chi connectivity index (χ1) is 13.3. The van der Waals surface area contributed by atoms with Crippen molar-refractivity contribution in [3.05, 3.63) is 64.3 Å². The Labute approximate surface area is 158 Å². The molecule has 2 N–H and O–H groups in total. The van der Waals surface area contributed by atoms with Crippen molar-refractivity contribution in [2.45, 2.75) is 25.9 Å². The van der Waals surface area contributed by atoms with Gasteiger partial charge in [-0.15, -0.1) is 0 Å². The van der Waals surface area contributed by atoms with Crippen molar-refractivity contribution in [1.82, 2.24) is 0 Å². The van der Waals surface area contributed by atoms with E-state index in [4.69, 9.17) is 4.74 Å². The number of allylic oxidation sites excluding steroid dienone is 5. The summed E-state index contributed by atoms with van der Waals surface area (Å²) in [5.41, 5.74) is 2.55. The smallest absolute Gasteiger partial charge is 0.310 e. The predicted octanol–water partition coefficient (Wildman–Crippen LogP) is 3.85. The fraction of sp³-hybridized carbons (Fsp3) is 0.238. The van der Waals surface area contributed by atoms with Crippen LogP contribution in [0.15, 0.2) is 52.9 Å². The van der Waals surface area contributed by atoms with Gasteiger partial charge in [0.25, 0.3) is 0 Å². The number of halogens is 2. The molecule has 5 nitrogen and oxygen atoms in total. The highest BCUT2D eigenvalue weighted by atomic mass is 19.1. The molecule has 0 radical (unpaired) electrons. The Hall–Kier alpha value is -3.22. The zero-order valence-corrected chi connectivity index (χ0v) is 14.8. The first-order valence-electron chi connectivity index (χ1n) is 8.71. The van der Waals surface area contributed by atoms with Gasteiger partial charge in [-0.1, -0.05) is 17.7 Å². The van der Waals surface area contributed by atoms with Gasteiger partial charge in [0.2, 0.25) is 0 Å². The number of benzene rings is 1. The van der Waals surface area contributed by atoms with Crippen molar-refractivity contribution >= 4 is 17.3 Å². The van der Waals surface area contributed by atoms with Gasteiger partial charge in [0, 0.05) is 17.2 Å². The van der Waals surface area contributed by atoms with Crippen LogP contribution in [-0.4, -0.2) is 28.1 Å². The van der Waals surface area contributed by atoms with Crippen LogP contribution in [0, 0.1) is 11.7 Å². The SMILES string of the molecule is CC1=C(C2=C3C=C(F)C(=O)CC3Oc3cc(O)c(F)cc32)C=CC(C(=O)O)C1. The van der Waals surface area contributed by atoms with Crippen LogP contribution >= 0.6 is 0 Å². The minimum Gasteiger partial charge on any atom is -0.505 e. The topological polar surface area (TPSA) is 83.8 Å². The number of hydrogen-bond acceptors (Lipinski definition) is 4. The summed E-state index contributed by atoms with van der Waals surface area (Å²) in [4.78, 5) is 23.1. The molecule has 1 aliphatic heterocycles. The van der Waals surface area contributed by atoms with Gasteiger partial charge in [-0.05, 0) is 36.6 Å². The van der Waals surface area contributed by atoms with E-state index in [-0.39, 0.29) is 18.6 Å². The number of fused-ring (bicyclic) bond motifs is 2. The average molecular weight is 386 g/mol. The Morgan fingerprint density at radius 2 is 2.00 bits per heavy atom. The van der Waals surface area contributed by atoms with E-state index >= 15 is 0 Å². The van der Waals surface area contributed by atoms with E-state index in [0.717, 1.165) is 23.8 Å². The molecule has 144 valence electrons. The lowest BCUT2D eigenvalue weighted by Gasteiger charge is -2.33. The summed E-state index contributed by atoms with van der Waals surface area (Å²) in [6, 6.07) is 2.23. The summed E-state index contributed by atoms with van der Waals surface area (Å²) in [5, 5.41) is 19.0. The highest BCUT2D eigenvalue weighted by molar-refractivity contribution is 6.00. The van der Waals surface area contributed by atoms with Gasteiger partial charge < -0.3 is 14.9 Å². The minimum absolute atomic E-state index is 0.181. The van der Waals surface area contributed by atoms with Crippen LogP contribution in [0.3, 0.4) is 0 Å². The average Bonchev–Trinajstić information content (AvgIpc) is 2.63. The summed E-state index contributed by atoms with van der Waals surface area (Å²) < 4.78 is 33.9. The Kier molecular flexibility index (Phi) is 4.18. The standard InChI is InChI=1S/C21H16F2O5/c1-9-4-10(21(26)27)2-3-11(9)20-12-5-14(22)16(24)7-18(12)28-19-8-17(25)15(23)6-13(19)20/h2-3,5-7,10,19,24H,4,8H2,1H3,(H,26,27). The molecule has 0 spiro atoms. The van der Waals surface area contributed by atoms with Crippen LogP contribution in [0.25, 0.3) is 5.57 Å². The summed E-state index contributed by atoms with van der Waals surface area (Å²) >= 11 is 0. The zero-order chi connectivity index (χ0) is 20.2. The number of aromatic hydroxyl groups is 1. The number of carboxylic acid groups (broad SMARTS) is 1. The molecule has 1 aromatic rings. The van der Waals surface area contributed by atoms with Crippen LogP contribution in [0.2, 0.25) is 0 Å². The van der Waals surface area contributed by atoms with E-state index in [1.165, 1.54) is 6.08 Å². The van der Waals surface area contributed by atoms with E-state index in [0.29, 0.717) is 22.3 Å². The van der Waals surface area contributed by atoms with Crippen molar-refractivity contribution in [3.63, 3.8) is 0 Å².